The fourth-order valence-corrected chi connectivity index (χ4v) is 3.73. The number of hydrogen-bond acceptors (Lipinski definition) is 5. The Morgan fingerprint density at radius 3 is 2.41 bits per heavy atom. The second-order valence-electron chi connectivity index (χ2n) is 6.34. The second kappa shape index (κ2) is 8.80. The number of sulfonamides is 1. The standard InChI is InChI=1S/C18H21F3N4O3S/c1-25(29(27,28)16-4-2-3-13(9-16)18(19,20)21)11-15(26)10-24-14-7-5-12(6-8-14)17(22)23/h2-9,15,24,26H,10-11H2,1H3,(H3,22,23). The van der Waals surface area contributed by atoms with Crippen molar-refractivity contribution in [3.63, 3.8) is 0 Å². The Morgan fingerprint density at radius 2 is 1.86 bits per heavy atom. The Labute approximate surface area is 166 Å². The fourth-order valence-electron chi connectivity index (χ4n) is 2.48. The monoisotopic (exact) mass is 430 g/mol. The van der Waals surface area contributed by atoms with Gasteiger partial charge in [-0.25, -0.2) is 8.42 Å². The van der Waals surface area contributed by atoms with E-state index in [0.29, 0.717) is 17.3 Å². The lowest BCUT2D eigenvalue weighted by Gasteiger charge is -2.21. The first-order chi connectivity index (χ1) is 13.4. The van der Waals surface area contributed by atoms with Crippen LogP contribution in [0.2, 0.25) is 0 Å². The number of benzene rings is 2. The highest BCUT2D eigenvalue weighted by atomic mass is 32.2. The van der Waals surface area contributed by atoms with E-state index in [1.54, 1.807) is 24.3 Å². The van der Waals surface area contributed by atoms with Gasteiger partial charge in [0.1, 0.15) is 5.84 Å². The van der Waals surface area contributed by atoms with E-state index in [4.69, 9.17) is 11.1 Å². The number of aliphatic hydroxyl groups is 1. The lowest BCUT2D eigenvalue weighted by molar-refractivity contribution is -0.137. The normalized spacial score (nSPS) is 13.3. The summed E-state index contributed by atoms with van der Waals surface area (Å²) in [7, 11) is -3.03. The molecule has 7 nitrogen and oxygen atoms in total. The lowest BCUT2D eigenvalue weighted by Crippen LogP contribution is -2.37. The number of likely N-dealkylation sites (N-methyl/N-ethyl adjacent to an activating group) is 1. The molecule has 1 atom stereocenters. The van der Waals surface area contributed by atoms with E-state index >= 15 is 0 Å². The summed E-state index contributed by atoms with van der Waals surface area (Å²) in [4.78, 5) is -0.505. The molecule has 2 aromatic carbocycles. The minimum Gasteiger partial charge on any atom is -0.390 e. The molecule has 0 radical (unpaired) electrons. The first-order valence-corrected chi connectivity index (χ1v) is 9.85. The summed E-state index contributed by atoms with van der Waals surface area (Å²) >= 11 is 0. The largest absolute Gasteiger partial charge is 0.416 e. The third kappa shape index (κ3) is 5.92. The van der Waals surface area contributed by atoms with Gasteiger partial charge in [0.15, 0.2) is 0 Å². The van der Waals surface area contributed by atoms with Gasteiger partial charge in [0.05, 0.1) is 16.6 Å². The second-order valence-corrected chi connectivity index (χ2v) is 8.38. The molecule has 0 aliphatic carbocycles. The van der Waals surface area contributed by atoms with Crippen molar-refractivity contribution in [1.82, 2.24) is 4.31 Å². The highest BCUT2D eigenvalue weighted by Crippen LogP contribution is 2.31. The molecule has 11 heteroatoms. The number of aliphatic hydroxyl groups excluding tert-OH is 1. The number of amidine groups is 1. The van der Waals surface area contributed by atoms with Gasteiger partial charge in [-0.2, -0.15) is 17.5 Å². The van der Waals surface area contributed by atoms with Crippen molar-refractivity contribution in [3.05, 3.63) is 59.7 Å². The molecule has 0 heterocycles. The van der Waals surface area contributed by atoms with Gasteiger partial charge in [-0.15, -0.1) is 0 Å². The first kappa shape index (κ1) is 22.7. The zero-order valence-corrected chi connectivity index (χ0v) is 16.3. The molecule has 0 saturated carbocycles. The van der Waals surface area contributed by atoms with Gasteiger partial charge in [-0.3, -0.25) is 5.41 Å². The zero-order chi connectivity index (χ0) is 21.8. The molecule has 2 rings (SSSR count). The number of nitrogens with one attached hydrogen (secondary N) is 2. The average molecular weight is 430 g/mol. The molecule has 0 fully saturated rings. The van der Waals surface area contributed by atoms with Crippen molar-refractivity contribution in [2.75, 3.05) is 25.5 Å². The Hall–Kier alpha value is -2.63. The summed E-state index contributed by atoms with van der Waals surface area (Å²) in [6, 6.07) is 9.96. The molecule has 0 spiro atoms. The van der Waals surface area contributed by atoms with Crippen LogP contribution in [0, 0.1) is 5.41 Å². The summed E-state index contributed by atoms with van der Waals surface area (Å²) < 4.78 is 64.3. The lowest BCUT2D eigenvalue weighted by atomic mass is 10.2. The topological polar surface area (TPSA) is 120 Å². The van der Waals surface area contributed by atoms with Crippen molar-refractivity contribution in [2.24, 2.45) is 5.73 Å². The van der Waals surface area contributed by atoms with Gasteiger partial charge in [0.2, 0.25) is 10.0 Å². The third-order valence-electron chi connectivity index (χ3n) is 4.08. The molecule has 0 aliphatic heterocycles. The molecular weight excluding hydrogens is 409 g/mol. The van der Waals surface area contributed by atoms with Crippen molar-refractivity contribution < 1.29 is 26.7 Å². The SMILES string of the molecule is CN(CC(O)CNc1ccc(C(=N)N)cc1)S(=O)(=O)c1cccc(C(F)(F)F)c1. The van der Waals surface area contributed by atoms with Crippen LogP contribution in [-0.4, -0.2) is 49.9 Å². The predicted molar refractivity (Wildman–Crippen MR) is 103 cm³/mol. The third-order valence-corrected chi connectivity index (χ3v) is 5.89. The number of anilines is 1. The molecule has 158 valence electrons. The Morgan fingerprint density at radius 1 is 1.24 bits per heavy atom. The minimum atomic E-state index is -4.66. The molecule has 0 bridgehead atoms. The summed E-state index contributed by atoms with van der Waals surface area (Å²) in [6.07, 6.45) is -5.78. The van der Waals surface area contributed by atoms with Gasteiger partial charge >= 0.3 is 6.18 Å². The van der Waals surface area contributed by atoms with Crippen molar-refractivity contribution >= 4 is 21.5 Å². The molecule has 0 amide bonds. The molecular formula is C18H21F3N4O3S. The van der Waals surface area contributed by atoms with Crippen LogP contribution in [-0.2, 0) is 16.2 Å². The van der Waals surface area contributed by atoms with Gasteiger partial charge in [0, 0.05) is 31.4 Å². The molecule has 0 aliphatic rings. The number of alkyl halides is 3. The number of halogens is 3. The van der Waals surface area contributed by atoms with Gasteiger partial charge in [-0.1, -0.05) is 6.07 Å². The maximum atomic E-state index is 12.8. The van der Waals surface area contributed by atoms with Gasteiger partial charge < -0.3 is 16.2 Å². The maximum Gasteiger partial charge on any atom is 0.416 e. The van der Waals surface area contributed by atoms with E-state index in [1.807, 2.05) is 0 Å². The molecule has 2 aromatic rings. The minimum absolute atomic E-state index is 0.00185. The number of nitrogens with zero attached hydrogens (tertiary/aromatic N) is 1. The van der Waals surface area contributed by atoms with Crippen LogP contribution in [0.1, 0.15) is 11.1 Å². The number of rotatable bonds is 8. The molecule has 0 aromatic heterocycles. The van der Waals surface area contributed by atoms with E-state index in [-0.39, 0.29) is 18.9 Å². The summed E-state index contributed by atoms with van der Waals surface area (Å²) in [5, 5.41) is 20.3. The van der Waals surface area contributed by atoms with Crippen LogP contribution < -0.4 is 11.1 Å². The zero-order valence-electron chi connectivity index (χ0n) is 15.4. The van der Waals surface area contributed by atoms with Crippen LogP contribution in [0.15, 0.2) is 53.4 Å². The van der Waals surface area contributed by atoms with Crippen molar-refractivity contribution in [2.45, 2.75) is 17.2 Å². The maximum absolute atomic E-state index is 12.8. The Bertz CT molecular complexity index is 963. The number of nitrogen functional groups attached to an aromatic ring is 1. The molecule has 1 unspecified atom stereocenters. The number of nitrogens with two attached hydrogens (primary N) is 1. The Balaban J connectivity index is 2.01. The van der Waals surface area contributed by atoms with E-state index < -0.39 is 32.8 Å². The molecule has 5 N–H and O–H groups in total. The van der Waals surface area contributed by atoms with E-state index in [0.717, 1.165) is 22.5 Å². The Kier molecular flexibility index (Phi) is 6.88. The first-order valence-electron chi connectivity index (χ1n) is 8.41. The quantitative estimate of drug-likeness (QED) is 0.378. The van der Waals surface area contributed by atoms with Crippen LogP contribution in [0.4, 0.5) is 18.9 Å². The van der Waals surface area contributed by atoms with Gasteiger partial charge in [-0.05, 0) is 42.5 Å². The highest BCUT2D eigenvalue weighted by Gasteiger charge is 2.32. The van der Waals surface area contributed by atoms with Crippen LogP contribution >= 0.6 is 0 Å². The predicted octanol–water partition coefficient (Wildman–Crippen LogP) is 2.08. The van der Waals surface area contributed by atoms with Crippen LogP contribution in [0.5, 0.6) is 0 Å². The smallest absolute Gasteiger partial charge is 0.390 e. The number of hydrogen-bond donors (Lipinski definition) is 4. The van der Waals surface area contributed by atoms with Crippen LogP contribution in [0.25, 0.3) is 0 Å². The van der Waals surface area contributed by atoms with E-state index in [2.05, 4.69) is 5.32 Å². The van der Waals surface area contributed by atoms with Crippen molar-refractivity contribution in [1.29, 1.82) is 5.41 Å². The van der Waals surface area contributed by atoms with Crippen LogP contribution in [0.3, 0.4) is 0 Å². The van der Waals surface area contributed by atoms with Crippen molar-refractivity contribution in [3.8, 4) is 0 Å². The molecule has 29 heavy (non-hydrogen) atoms. The molecule has 0 saturated heterocycles. The van der Waals surface area contributed by atoms with Gasteiger partial charge in [0.25, 0.3) is 0 Å². The summed E-state index contributed by atoms with van der Waals surface area (Å²) in [5.41, 5.74) is 5.45. The van der Waals surface area contributed by atoms with E-state index in [1.165, 1.54) is 7.05 Å². The average Bonchev–Trinajstić information content (AvgIpc) is 2.66. The summed E-state index contributed by atoms with van der Waals surface area (Å²) in [5.74, 6) is -0.0852. The highest BCUT2D eigenvalue weighted by molar-refractivity contribution is 7.89. The fraction of sp³-hybridized carbons (Fsp3) is 0.278. The summed E-state index contributed by atoms with van der Waals surface area (Å²) in [6.45, 7) is -0.320. The van der Waals surface area contributed by atoms with E-state index in [9.17, 15) is 26.7 Å².